The molecule has 1 saturated heterocycles. The van der Waals surface area contributed by atoms with Gasteiger partial charge in [-0.25, -0.2) is 9.59 Å². The second-order valence-corrected chi connectivity index (χ2v) is 9.08. The lowest BCUT2D eigenvalue weighted by Crippen LogP contribution is -2.40. The number of methoxy groups -OCH3 is 1. The summed E-state index contributed by atoms with van der Waals surface area (Å²) in [6, 6.07) is 13.4. The van der Waals surface area contributed by atoms with Gasteiger partial charge in [-0.15, -0.1) is 10.2 Å². The molecule has 2 N–H and O–H groups in total. The fourth-order valence-electron chi connectivity index (χ4n) is 3.63. The molecule has 0 radical (unpaired) electrons. The van der Waals surface area contributed by atoms with Crippen LogP contribution in [-0.4, -0.2) is 53.2 Å². The number of urea groups is 1. The molecule has 34 heavy (non-hydrogen) atoms. The number of halogens is 1. The average Bonchev–Trinajstić information content (AvgIpc) is 3.35. The minimum absolute atomic E-state index is 0.108. The molecule has 3 aromatic rings. The summed E-state index contributed by atoms with van der Waals surface area (Å²) in [5.41, 5.74) is 1.22. The Balaban J connectivity index is 1.34. The number of nitrogens with one attached hydrogen (secondary N) is 2. The summed E-state index contributed by atoms with van der Waals surface area (Å²) < 4.78 is 4.77. The van der Waals surface area contributed by atoms with Gasteiger partial charge in [-0.2, -0.15) is 0 Å². The van der Waals surface area contributed by atoms with E-state index in [9.17, 15) is 14.4 Å². The number of anilines is 2. The molecule has 9 nitrogen and oxygen atoms in total. The molecule has 0 saturated carbocycles. The Morgan fingerprint density at radius 3 is 2.50 bits per heavy atom. The van der Waals surface area contributed by atoms with Crippen LogP contribution >= 0.6 is 22.9 Å². The molecular formula is C23H22ClN5O4S. The first-order valence-corrected chi connectivity index (χ1v) is 11.8. The van der Waals surface area contributed by atoms with Gasteiger partial charge in [0.15, 0.2) is 0 Å². The van der Waals surface area contributed by atoms with Crippen molar-refractivity contribution in [2.75, 3.05) is 30.8 Å². The van der Waals surface area contributed by atoms with E-state index < -0.39 is 5.97 Å². The van der Waals surface area contributed by atoms with Gasteiger partial charge >= 0.3 is 12.0 Å². The molecule has 1 aromatic heterocycles. The Morgan fingerprint density at radius 1 is 1.06 bits per heavy atom. The minimum atomic E-state index is -0.561. The van der Waals surface area contributed by atoms with E-state index >= 15 is 0 Å². The highest BCUT2D eigenvalue weighted by molar-refractivity contribution is 7.13. The Hall–Kier alpha value is -3.50. The van der Waals surface area contributed by atoms with Crippen LogP contribution in [0, 0.1) is 0 Å². The topological polar surface area (TPSA) is 114 Å². The summed E-state index contributed by atoms with van der Waals surface area (Å²) in [6.07, 6.45) is 1.36. The smallest absolute Gasteiger partial charge is 0.339 e. The van der Waals surface area contributed by atoms with Crippen molar-refractivity contribution in [2.45, 2.75) is 18.8 Å². The summed E-state index contributed by atoms with van der Waals surface area (Å²) >= 11 is 7.30. The average molecular weight is 500 g/mol. The Kier molecular flexibility index (Phi) is 7.39. The van der Waals surface area contributed by atoms with Gasteiger partial charge < -0.3 is 20.3 Å². The SMILES string of the molecule is COC(=O)c1ccc(Cl)cc1NC(=O)N1CCC(c2nnc(C(=O)Nc3ccccc3)s2)CC1. The van der Waals surface area contributed by atoms with Crippen molar-refractivity contribution >= 4 is 52.2 Å². The number of nitrogens with zero attached hydrogens (tertiary/aromatic N) is 3. The maximum Gasteiger partial charge on any atom is 0.339 e. The van der Waals surface area contributed by atoms with E-state index in [2.05, 4.69) is 20.8 Å². The first kappa shape index (κ1) is 23.7. The maximum absolute atomic E-state index is 12.8. The molecule has 176 valence electrons. The van der Waals surface area contributed by atoms with Gasteiger partial charge in [-0.1, -0.05) is 41.1 Å². The number of amides is 3. The molecule has 0 atom stereocenters. The molecule has 4 rings (SSSR count). The number of rotatable bonds is 5. The molecule has 0 spiro atoms. The van der Waals surface area contributed by atoms with Crippen molar-refractivity contribution in [3.05, 3.63) is 69.1 Å². The van der Waals surface area contributed by atoms with Crippen molar-refractivity contribution in [1.29, 1.82) is 0 Å². The fourth-order valence-corrected chi connectivity index (χ4v) is 4.71. The molecule has 1 aliphatic rings. The van der Waals surface area contributed by atoms with Crippen molar-refractivity contribution in [2.24, 2.45) is 0 Å². The number of likely N-dealkylation sites (tertiary alicyclic amines) is 1. The number of carbonyl (C=O) groups is 3. The van der Waals surface area contributed by atoms with E-state index in [4.69, 9.17) is 16.3 Å². The van der Waals surface area contributed by atoms with Crippen LogP contribution in [0.1, 0.15) is 43.9 Å². The second kappa shape index (κ2) is 10.6. The monoisotopic (exact) mass is 499 g/mol. The molecule has 11 heteroatoms. The van der Waals surface area contributed by atoms with E-state index in [1.54, 1.807) is 23.1 Å². The predicted octanol–water partition coefficient (Wildman–Crippen LogP) is 4.64. The van der Waals surface area contributed by atoms with Crippen molar-refractivity contribution < 1.29 is 19.1 Å². The summed E-state index contributed by atoms with van der Waals surface area (Å²) in [4.78, 5) is 38.9. The Bertz CT molecular complexity index is 1200. The lowest BCUT2D eigenvalue weighted by molar-refractivity contribution is 0.0601. The van der Waals surface area contributed by atoms with Gasteiger partial charge in [0.05, 0.1) is 18.4 Å². The summed E-state index contributed by atoms with van der Waals surface area (Å²) in [6.45, 7) is 0.992. The van der Waals surface area contributed by atoms with Gasteiger partial charge in [-0.3, -0.25) is 4.79 Å². The highest BCUT2D eigenvalue weighted by Crippen LogP contribution is 2.31. The number of esters is 1. The number of ether oxygens (including phenoxy) is 1. The number of hydrogen-bond acceptors (Lipinski definition) is 7. The molecule has 3 amide bonds. The van der Waals surface area contributed by atoms with Crippen molar-refractivity contribution in [3.63, 3.8) is 0 Å². The van der Waals surface area contributed by atoms with Crippen LogP contribution in [-0.2, 0) is 4.74 Å². The Morgan fingerprint density at radius 2 is 1.79 bits per heavy atom. The van der Waals surface area contributed by atoms with Crippen molar-refractivity contribution in [1.82, 2.24) is 15.1 Å². The van der Waals surface area contributed by atoms with E-state index in [1.807, 2.05) is 18.2 Å². The van der Waals surface area contributed by atoms with Crippen LogP contribution in [0.3, 0.4) is 0 Å². The van der Waals surface area contributed by atoms with Crippen LogP contribution in [0.2, 0.25) is 5.02 Å². The molecule has 0 aliphatic carbocycles. The fraction of sp³-hybridized carbons (Fsp3) is 0.261. The zero-order chi connectivity index (χ0) is 24.1. The van der Waals surface area contributed by atoms with E-state index in [1.165, 1.54) is 30.6 Å². The molecule has 0 unspecified atom stereocenters. The predicted molar refractivity (Wildman–Crippen MR) is 130 cm³/mol. The molecule has 2 aromatic carbocycles. The third-order valence-corrected chi connectivity index (χ3v) is 6.75. The number of piperidine rings is 1. The highest BCUT2D eigenvalue weighted by Gasteiger charge is 2.28. The van der Waals surface area contributed by atoms with Gasteiger partial charge in [0.2, 0.25) is 5.01 Å². The number of aromatic nitrogens is 2. The van der Waals surface area contributed by atoms with Crippen LogP contribution in [0.5, 0.6) is 0 Å². The first-order chi connectivity index (χ1) is 16.4. The van der Waals surface area contributed by atoms with Crippen LogP contribution in [0.15, 0.2) is 48.5 Å². The summed E-state index contributed by atoms with van der Waals surface area (Å²) in [5.74, 6) is -0.750. The Labute approximate surface area is 205 Å². The molecule has 1 aliphatic heterocycles. The first-order valence-electron chi connectivity index (χ1n) is 10.6. The number of para-hydroxylation sites is 1. The van der Waals surface area contributed by atoms with Gasteiger partial charge in [0, 0.05) is 29.7 Å². The largest absolute Gasteiger partial charge is 0.465 e. The summed E-state index contributed by atoms with van der Waals surface area (Å²) in [7, 11) is 1.28. The molecular weight excluding hydrogens is 478 g/mol. The van der Waals surface area contributed by atoms with Crippen LogP contribution in [0.4, 0.5) is 16.2 Å². The highest BCUT2D eigenvalue weighted by atomic mass is 35.5. The third-order valence-electron chi connectivity index (χ3n) is 5.43. The zero-order valence-corrected chi connectivity index (χ0v) is 19.9. The van der Waals surface area contributed by atoms with E-state index in [0.717, 1.165) is 5.01 Å². The second-order valence-electron chi connectivity index (χ2n) is 7.64. The van der Waals surface area contributed by atoms with Crippen LogP contribution < -0.4 is 10.6 Å². The number of hydrogen-bond donors (Lipinski definition) is 2. The van der Waals surface area contributed by atoms with Gasteiger partial charge in [-0.05, 0) is 43.2 Å². The number of benzene rings is 2. The van der Waals surface area contributed by atoms with Gasteiger partial charge in [0.1, 0.15) is 5.01 Å². The van der Waals surface area contributed by atoms with Crippen LogP contribution in [0.25, 0.3) is 0 Å². The standard InChI is InChI=1S/C23H22ClN5O4S/c1-33-22(31)17-8-7-15(24)13-18(17)26-23(32)29-11-9-14(10-12-29)20-27-28-21(34-20)19(30)25-16-5-3-2-4-6-16/h2-8,13-14H,9-12H2,1H3,(H,25,30)(H,26,32). The maximum atomic E-state index is 12.8. The molecule has 1 fully saturated rings. The molecule has 2 heterocycles. The quantitative estimate of drug-likeness (QED) is 0.494. The van der Waals surface area contributed by atoms with E-state index in [-0.39, 0.29) is 23.4 Å². The third kappa shape index (κ3) is 5.52. The normalized spacial score (nSPS) is 13.9. The zero-order valence-electron chi connectivity index (χ0n) is 18.3. The van der Waals surface area contributed by atoms with Gasteiger partial charge in [0.25, 0.3) is 5.91 Å². The minimum Gasteiger partial charge on any atom is -0.465 e. The molecule has 0 bridgehead atoms. The lowest BCUT2D eigenvalue weighted by atomic mass is 9.98. The lowest BCUT2D eigenvalue weighted by Gasteiger charge is -2.31. The summed E-state index contributed by atoms with van der Waals surface area (Å²) in [5, 5.41) is 15.3. The van der Waals surface area contributed by atoms with Crippen molar-refractivity contribution in [3.8, 4) is 0 Å². The number of carbonyl (C=O) groups excluding carboxylic acids is 3. The van der Waals surface area contributed by atoms with E-state index in [0.29, 0.717) is 47.3 Å².